The Morgan fingerprint density at radius 1 is 1.47 bits per heavy atom. The first-order valence-electron chi connectivity index (χ1n) is 4.84. The van der Waals surface area contributed by atoms with Crippen molar-refractivity contribution < 1.29 is 9.90 Å². The molecule has 0 unspecified atom stereocenters. The fourth-order valence-electron chi connectivity index (χ4n) is 1.25. The molecule has 88 valence electrons. The predicted octanol–water partition coefficient (Wildman–Crippen LogP) is 3.57. The standard InChI is InChI=1S/C11H10ClN3O2/c12-10-5-8(3-1-2-4-14-15-13)11(17)9(6-10)7-16/h1,3,5-7,17H,2,4H2. The number of azide groups is 1. The Bertz CT molecular complexity index is 494. The van der Waals surface area contributed by atoms with E-state index in [-0.39, 0.29) is 11.3 Å². The summed E-state index contributed by atoms with van der Waals surface area (Å²) >= 11 is 5.79. The third-order valence-corrected chi connectivity index (χ3v) is 2.24. The Kier molecular flexibility index (Phi) is 5.07. The van der Waals surface area contributed by atoms with Gasteiger partial charge in [-0.05, 0) is 24.1 Å². The zero-order chi connectivity index (χ0) is 12.7. The third-order valence-electron chi connectivity index (χ3n) is 2.02. The van der Waals surface area contributed by atoms with Gasteiger partial charge in [-0.3, -0.25) is 4.79 Å². The molecule has 1 aromatic rings. The summed E-state index contributed by atoms with van der Waals surface area (Å²) in [5.74, 6) is -0.107. The van der Waals surface area contributed by atoms with E-state index in [1.54, 1.807) is 18.2 Å². The van der Waals surface area contributed by atoms with Crippen LogP contribution in [0.2, 0.25) is 5.02 Å². The van der Waals surface area contributed by atoms with Gasteiger partial charge in [0.2, 0.25) is 0 Å². The Balaban J connectivity index is 2.86. The molecule has 0 saturated heterocycles. The van der Waals surface area contributed by atoms with Crippen LogP contribution in [-0.2, 0) is 0 Å². The van der Waals surface area contributed by atoms with Crippen molar-refractivity contribution in [1.82, 2.24) is 0 Å². The monoisotopic (exact) mass is 251 g/mol. The first-order chi connectivity index (χ1) is 8.19. The van der Waals surface area contributed by atoms with Gasteiger partial charge >= 0.3 is 0 Å². The highest BCUT2D eigenvalue weighted by Gasteiger charge is 2.06. The molecule has 5 nitrogen and oxygen atoms in total. The van der Waals surface area contributed by atoms with E-state index in [0.29, 0.717) is 29.8 Å². The summed E-state index contributed by atoms with van der Waals surface area (Å²) in [5, 5.41) is 13.4. The maximum atomic E-state index is 10.6. The lowest BCUT2D eigenvalue weighted by Gasteiger charge is -2.03. The van der Waals surface area contributed by atoms with Crippen LogP contribution in [0.1, 0.15) is 22.3 Å². The minimum atomic E-state index is -0.107. The van der Waals surface area contributed by atoms with Crippen LogP contribution in [0.15, 0.2) is 23.3 Å². The molecular formula is C11H10ClN3O2. The van der Waals surface area contributed by atoms with Crippen LogP contribution in [0.25, 0.3) is 16.5 Å². The van der Waals surface area contributed by atoms with Gasteiger partial charge in [0.05, 0.1) is 5.56 Å². The molecule has 0 amide bonds. The smallest absolute Gasteiger partial charge is 0.153 e. The van der Waals surface area contributed by atoms with E-state index < -0.39 is 0 Å². The maximum Gasteiger partial charge on any atom is 0.153 e. The molecule has 0 atom stereocenters. The van der Waals surface area contributed by atoms with Crippen LogP contribution in [0.3, 0.4) is 0 Å². The van der Waals surface area contributed by atoms with Crippen molar-refractivity contribution in [3.63, 3.8) is 0 Å². The van der Waals surface area contributed by atoms with E-state index in [4.69, 9.17) is 17.1 Å². The summed E-state index contributed by atoms with van der Waals surface area (Å²) in [6.45, 7) is 0.342. The van der Waals surface area contributed by atoms with Crippen LogP contribution in [0, 0.1) is 0 Å². The highest BCUT2D eigenvalue weighted by Crippen LogP contribution is 2.27. The molecule has 0 saturated carbocycles. The maximum absolute atomic E-state index is 10.6. The Morgan fingerprint density at radius 3 is 2.82 bits per heavy atom. The van der Waals surface area contributed by atoms with Crippen LogP contribution >= 0.6 is 11.6 Å². The second kappa shape index (κ2) is 6.58. The van der Waals surface area contributed by atoms with Crippen molar-refractivity contribution >= 4 is 24.0 Å². The largest absolute Gasteiger partial charge is 0.507 e. The van der Waals surface area contributed by atoms with Gasteiger partial charge in [0, 0.05) is 22.0 Å². The number of nitrogens with zero attached hydrogens (tertiary/aromatic N) is 3. The minimum absolute atomic E-state index is 0.107. The summed E-state index contributed by atoms with van der Waals surface area (Å²) in [6.07, 6.45) is 4.45. The molecule has 17 heavy (non-hydrogen) atoms. The number of aromatic hydroxyl groups is 1. The summed E-state index contributed by atoms with van der Waals surface area (Å²) in [7, 11) is 0. The quantitative estimate of drug-likeness (QED) is 0.285. The SMILES string of the molecule is [N-]=[N+]=NCCC=Cc1cc(Cl)cc(C=O)c1O. The number of rotatable bonds is 5. The average molecular weight is 252 g/mol. The van der Waals surface area contributed by atoms with Crippen molar-refractivity contribution in [3.8, 4) is 5.75 Å². The number of phenolic OH excluding ortho intramolecular Hbond substituents is 1. The zero-order valence-corrected chi connectivity index (χ0v) is 9.63. The number of carbonyl (C=O) groups excluding carboxylic acids is 1. The van der Waals surface area contributed by atoms with Gasteiger partial charge in [-0.25, -0.2) is 0 Å². The van der Waals surface area contributed by atoms with E-state index in [0.717, 1.165) is 0 Å². The highest BCUT2D eigenvalue weighted by molar-refractivity contribution is 6.31. The fourth-order valence-corrected chi connectivity index (χ4v) is 1.48. The number of halogens is 1. The number of benzene rings is 1. The molecule has 0 fully saturated rings. The second-order valence-electron chi connectivity index (χ2n) is 3.20. The molecule has 0 aromatic heterocycles. The van der Waals surface area contributed by atoms with Crippen molar-refractivity contribution in [2.24, 2.45) is 5.11 Å². The first kappa shape index (κ1) is 13.1. The lowest BCUT2D eigenvalue weighted by Crippen LogP contribution is -1.85. The Morgan fingerprint density at radius 2 is 2.18 bits per heavy atom. The summed E-state index contributed by atoms with van der Waals surface area (Å²) in [5.41, 5.74) is 8.67. The molecule has 0 heterocycles. The van der Waals surface area contributed by atoms with Gasteiger partial charge in [-0.1, -0.05) is 28.9 Å². The van der Waals surface area contributed by atoms with E-state index in [2.05, 4.69) is 10.0 Å². The molecule has 0 spiro atoms. The van der Waals surface area contributed by atoms with E-state index in [9.17, 15) is 9.90 Å². The number of aldehydes is 1. The van der Waals surface area contributed by atoms with Crippen LogP contribution in [-0.4, -0.2) is 17.9 Å². The van der Waals surface area contributed by atoms with Gasteiger partial charge in [0.1, 0.15) is 5.75 Å². The van der Waals surface area contributed by atoms with E-state index >= 15 is 0 Å². The fraction of sp³-hybridized carbons (Fsp3) is 0.182. The number of hydrogen-bond donors (Lipinski definition) is 1. The predicted molar refractivity (Wildman–Crippen MR) is 66.2 cm³/mol. The van der Waals surface area contributed by atoms with Crippen LogP contribution < -0.4 is 0 Å². The molecule has 1 rings (SSSR count). The first-order valence-corrected chi connectivity index (χ1v) is 5.22. The molecular weight excluding hydrogens is 242 g/mol. The molecule has 0 bridgehead atoms. The minimum Gasteiger partial charge on any atom is -0.507 e. The Labute approximate surface area is 103 Å². The van der Waals surface area contributed by atoms with Gasteiger partial charge in [0.15, 0.2) is 6.29 Å². The van der Waals surface area contributed by atoms with Gasteiger partial charge in [-0.2, -0.15) is 0 Å². The third kappa shape index (κ3) is 3.83. The highest BCUT2D eigenvalue weighted by atomic mass is 35.5. The summed E-state index contributed by atoms with van der Waals surface area (Å²) < 4.78 is 0. The Hall–Kier alpha value is -1.97. The van der Waals surface area contributed by atoms with E-state index in [1.807, 2.05) is 0 Å². The number of carbonyl (C=O) groups is 1. The second-order valence-corrected chi connectivity index (χ2v) is 3.63. The van der Waals surface area contributed by atoms with E-state index in [1.165, 1.54) is 6.07 Å². The molecule has 6 heteroatoms. The number of hydrogen-bond acceptors (Lipinski definition) is 3. The van der Waals surface area contributed by atoms with Crippen LogP contribution in [0.4, 0.5) is 0 Å². The normalized spacial score (nSPS) is 10.2. The lowest BCUT2D eigenvalue weighted by atomic mass is 10.1. The lowest BCUT2D eigenvalue weighted by molar-refractivity contribution is 0.112. The molecule has 1 N–H and O–H groups in total. The molecule has 0 aliphatic heterocycles. The van der Waals surface area contributed by atoms with Gasteiger partial charge in [0.25, 0.3) is 0 Å². The summed E-state index contributed by atoms with van der Waals surface area (Å²) in [6, 6.07) is 2.94. The molecule has 0 radical (unpaired) electrons. The zero-order valence-electron chi connectivity index (χ0n) is 8.88. The molecule has 0 aliphatic carbocycles. The van der Waals surface area contributed by atoms with Crippen molar-refractivity contribution in [2.75, 3.05) is 6.54 Å². The topological polar surface area (TPSA) is 86.1 Å². The average Bonchev–Trinajstić information content (AvgIpc) is 2.32. The molecule has 0 aliphatic rings. The van der Waals surface area contributed by atoms with Crippen LogP contribution in [0.5, 0.6) is 5.75 Å². The van der Waals surface area contributed by atoms with Crippen molar-refractivity contribution in [3.05, 3.63) is 44.8 Å². The van der Waals surface area contributed by atoms with Gasteiger partial charge < -0.3 is 5.11 Å². The summed E-state index contributed by atoms with van der Waals surface area (Å²) in [4.78, 5) is 13.3. The molecule has 1 aromatic carbocycles. The van der Waals surface area contributed by atoms with Crippen molar-refractivity contribution in [2.45, 2.75) is 6.42 Å². The van der Waals surface area contributed by atoms with Gasteiger partial charge in [-0.15, -0.1) is 0 Å². The van der Waals surface area contributed by atoms with Crippen molar-refractivity contribution in [1.29, 1.82) is 0 Å². The number of phenols is 1.